The Hall–Kier alpha value is -4.88. The lowest BCUT2D eigenvalue weighted by atomic mass is 9.81. The summed E-state index contributed by atoms with van der Waals surface area (Å²) < 4.78 is 28.0. The lowest BCUT2D eigenvalue weighted by Gasteiger charge is -2.37. The zero-order chi connectivity index (χ0) is 35.7. The van der Waals surface area contributed by atoms with Gasteiger partial charge in [0.15, 0.2) is 5.71 Å². The SMILES string of the molecule is CC(=N)/C(=N\O)C(=O)N[C@H](C(=O)Nc1ccc2c(c1)CC(C(=O)Nc1ccccc1C)(N1C[C@@H](C(C)C)NC1=O)C2)C1CCC(F)(F)CC1. The number of benzene rings is 2. The summed E-state index contributed by atoms with van der Waals surface area (Å²) in [5, 5.41) is 31.2. The number of amides is 5. The van der Waals surface area contributed by atoms with Crippen LogP contribution in [0.15, 0.2) is 47.6 Å². The molecule has 3 atom stereocenters. The average molecular weight is 680 g/mol. The predicted octanol–water partition coefficient (Wildman–Crippen LogP) is 4.64. The highest BCUT2D eigenvalue weighted by Gasteiger charge is 2.53. The molecule has 1 saturated carbocycles. The van der Waals surface area contributed by atoms with E-state index in [1.165, 1.54) is 6.92 Å². The van der Waals surface area contributed by atoms with Crippen molar-refractivity contribution in [2.45, 2.75) is 89.8 Å². The lowest BCUT2D eigenvalue weighted by molar-refractivity contribution is -0.126. The maximum atomic E-state index is 14.2. The number of fused-ring (bicyclic) bond motifs is 1. The Kier molecular flexibility index (Phi) is 10.1. The second-order valence-electron chi connectivity index (χ2n) is 13.8. The van der Waals surface area contributed by atoms with Crippen LogP contribution in [0.1, 0.15) is 63.1 Å². The van der Waals surface area contributed by atoms with E-state index in [4.69, 9.17) is 5.41 Å². The molecule has 2 aliphatic carbocycles. The van der Waals surface area contributed by atoms with E-state index in [0.29, 0.717) is 17.9 Å². The third-order valence-corrected chi connectivity index (χ3v) is 9.98. The molecular formula is C35H43F2N7O5. The molecule has 5 amide bonds. The van der Waals surface area contributed by atoms with E-state index in [9.17, 15) is 33.2 Å². The number of carbonyl (C=O) groups excluding carboxylic acids is 4. The number of hydrogen-bond acceptors (Lipinski definition) is 7. The van der Waals surface area contributed by atoms with Gasteiger partial charge in [-0.1, -0.05) is 43.3 Å². The van der Waals surface area contributed by atoms with Gasteiger partial charge in [0.05, 0.1) is 11.8 Å². The molecule has 12 nitrogen and oxygen atoms in total. The molecule has 5 rings (SSSR count). The van der Waals surface area contributed by atoms with Crippen molar-refractivity contribution in [3.63, 3.8) is 0 Å². The van der Waals surface area contributed by atoms with Crippen molar-refractivity contribution < 1.29 is 33.2 Å². The third kappa shape index (κ3) is 7.42. The third-order valence-electron chi connectivity index (χ3n) is 9.98. The largest absolute Gasteiger partial charge is 0.410 e. The van der Waals surface area contributed by atoms with E-state index in [1.807, 2.05) is 39.0 Å². The van der Waals surface area contributed by atoms with Gasteiger partial charge in [-0.2, -0.15) is 0 Å². The minimum Gasteiger partial charge on any atom is -0.410 e. The minimum atomic E-state index is -2.87. The number of alkyl halides is 2. The molecule has 2 fully saturated rings. The van der Waals surface area contributed by atoms with Crippen LogP contribution >= 0.6 is 0 Å². The zero-order valence-electron chi connectivity index (χ0n) is 28.0. The van der Waals surface area contributed by atoms with Crippen molar-refractivity contribution >= 4 is 46.6 Å². The Morgan fingerprint density at radius 3 is 2.35 bits per heavy atom. The summed E-state index contributed by atoms with van der Waals surface area (Å²) in [6.45, 7) is 7.48. The number of oxime groups is 1. The molecule has 6 N–H and O–H groups in total. The fraction of sp³-hybridized carbons (Fsp3) is 0.486. The molecule has 49 heavy (non-hydrogen) atoms. The van der Waals surface area contributed by atoms with Crippen LogP contribution < -0.4 is 21.3 Å². The van der Waals surface area contributed by atoms with Crippen molar-refractivity contribution in [2.75, 3.05) is 17.2 Å². The molecule has 0 bridgehead atoms. The quantitative estimate of drug-likeness (QED) is 0.122. The normalized spacial score (nSPS) is 22.7. The second-order valence-corrected chi connectivity index (χ2v) is 13.8. The molecule has 1 heterocycles. The molecule has 1 unspecified atom stereocenters. The van der Waals surface area contributed by atoms with E-state index >= 15 is 0 Å². The zero-order valence-corrected chi connectivity index (χ0v) is 28.0. The van der Waals surface area contributed by atoms with Gasteiger partial charge in [0.25, 0.3) is 11.8 Å². The Balaban J connectivity index is 1.41. The molecular weight excluding hydrogens is 636 g/mol. The van der Waals surface area contributed by atoms with Gasteiger partial charge < -0.3 is 36.8 Å². The summed E-state index contributed by atoms with van der Waals surface area (Å²) in [6, 6.07) is 10.8. The van der Waals surface area contributed by atoms with Gasteiger partial charge in [-0.25, -0.2) is 13.6 Å². The van der Waals surface area contributed by atoms with Crippen LogP contribution in [0.4, 0.5) is 25.0 Å². The number of halogens is 2. The van der Waals surface area contributed by atoms with E-state index in [0.717, 1.165) is 16.7 Å². The number of hydrogen-bond donors (Lipinski definition) is 6. The topological polar surface area (TPSA) is 176 Å². The Morgan fingerprint density at radius 2 is 1.73 bits per heavy atom. The molecule has 1 saturated heterocycles. The highest BCUT2D eigenvalue weighted by molar-refractivity contribution is 6.65. The van der Waals surface area contributed by atoms with Crippen LogP contribution in [-0.4, -0.2) is 75.4 Å². The maximum Gasteiger partial charge on any atom is 0.318 e. The molecule has 0 radical (unpaired) electrons. The van der Waals surface area contributed by atoms with Crippen molar-refractivity contribution in [1.82, 2.24) is 15.5 Å². The van der Waals surface area contributed by atoms with Crippen LogP contribution in [0.25, 0.3) is 0 Å². The first-order valence-electron chi connectivity index (χ1n) is 16.5. The highest BCUT2D eigenvalue weighted by atomic mass is 19.3. The van der Waals surface area contributed by atoms with Gasteiger partial charge in [0, 0.05) is 43.6 Å². The molecule has 0 aromatic heterocycles. The molecule has 14 heteroatoms. The summed E-state index contributed by atoms with van der Waals surface area (Å²) in [4.78, 5) is 55.8. The number of rotatable bonds is 10. The van der Waals surface area contributed by atoms with Gasteiger partial charge in [0.2, 0.25) is 11.8 Å². The summed E-state index contributed by atoms with van der Waals surface area (Å²) in [6.07, 6.45) is -0.538. The molecule has 1 aliphatic heterocycles. The summed E-state index contributed by atoms with van der Waals surface area (Å²) in [7, 11) is 0. The molecule has 3 aliphatic rings. The van der Waals surface area contributed by atoms with E-state index in [2.05, 4.69) is 26.4 Å². The number of aryl methyl sites for hydroxylation is 1. The Morgan fingerprint density at radius 1 is 1.06 bits per heavy atom. The first kappa shape index (κ1) is 35.4. The molecule has 2 aromatic carbocycles. The first-order chi connectivity index (χ1) is 23.1. The van der Waals surface area contributed by atoms with E-state index in [-0.39, 0.29) is 55.3 Å². The molecule has 2 aromatic rings. The van der Waals surface area contributed by atoms with Gasteiger partial charge in [-0.3, -0.25) is 14.4 Å². The number of nitrogens with one attached hydrogen (secondary N) is 5. The van der Waals surface area contributed by atoms with Crippen molar-refractivity contribution in [3.05, 3.63) is 59.2 Å². The number of urea groups is 1. The van der Waals surface area contributed by atoms with Gasteiger partial charge in [-0.15, -0.1) is 0 Å². The number of para-hydroxylation sites is 1. The fourth-order valence-electron chi connectivity index (χ4n) is 6.98. The highest BCUT2D eigenvalue weighted by Crippen LogP contribution is 2.40. The predicted molar refractivity (Wildman–Crippen MR) is 180 cm³/mol. The van der Waals surface area contributed by atoms with Crippen LogP contribution in [0, 0.1) is 24.2 Å². The second kappa shape index (κ2) is 13.9. The van der Waals surface area contributed by atoms with Gasteiger partial charge in [0.1, 0.15) is 11.6 Å². The van der Waals surface area contributed by atoms with Crippen LogP contribution in [0.5, 0.6) is 0 Å². The first-order valence-corrected chi connectivity index (χ1v) is 16.5. The number of anilines is 2. The van der Waals surface area contributed by atoms with Crippen LogP contribution in [0.2, 0.25) is 0 Å². The number of nitrogens with zero attached hydrogens (tertiary/aromatic N) is 2. The standard InChI is InChI=1S/C35H43F2N7O5/c1-19(2)27-18-44(33(48)41-27)34(32(47)40-26-8-6-5-7-20(26)3)16-23-9-10-25(15-24(23)17-34)39-31(46)29(22-11-13-35(36,37)14-12-22)42-30(45)28(43-49)21(4)38/h5-10,15,19,22,27,29,38,49H,11-14,16-18H2,1-4H3,(H,39,46)(H,40,47)(H,41,48)(H,42,45)/b38-21?,43-28+/t27-,29-,34?/m0/s1. The van der Waals surface area contributed by atoms with E-state index < -0.39 is 53.8 Å². The van der Waals surface area contributed by atoms with Gasteiger partial charge in [-0.05, 0) is 73.4 Å². The Labute approximate surface area is 283 Å². The van der Waals surface area contributed by atoms with Crippen molar-refractivity contribution in [1.29, 1.82) is 5.41 Å². The molecule has 0 spiro atoms. The van der Waals surface area contributed by atoms with Crippen LogP contribution in [-0.2, 0) is 27.2 Å². The molecule has 262 valence electrons. The maximum absolute atomic E-state index is 14.2. The van der Waals surface area contributed by atoms with Gasteiger partial charge >= 0.3 is 6.03 Å². The number of carbonyl (C=O) groups is 4. The smallest absolute Gasteiger partial charge is 0.318 e. The average Bonchev–Trinajstić information content (AvgIpc) is 3.63. The summed E-state index contributed by atoms with van der Waals surface area (Å²) >= 11 is 0. The van der Waals surface area contributed by atoms with Crippen molar-refractivity contribution in [2.24, 2.45) is 17.0 Å². The Bertz CT molecular complexity index is 1690. The monoisotopic (exact) mass is 679 g/mol. The van der Waals surface area contributed by atoms with Crippen molar-refractivity contribution in [3.8, 4) is 0 Å². The fourth-order valence-corrected chi connectivity index (χ4v) is 6.98. The van der Waals surface area contributed by atoms with E-state index in [1.54, 1.807) is 29.2 Å². The minimum absolute atomic E-state index is 0.0292. The lowest BCUT2D eigenvalue weighted by Crippen LogP contribution is -2.59. The summed E-state index contributed by atoms with van der Waals surface area (Å²) in [5.41, 5.74) is 1.23. The van der Waals surface area contributed by atoms with Crippen LogP contribution in [0.3, 0.4) is 0 Å². The summed E-state index contributed by atoms with van der Waals surface area (Å²) in [5.74, 6) is -5.34.